The molecule has 1 aliphatic carbocycles. The molecule has 4 heteroatoms. The topological polar surface area (TPSA) is 74.6 Å². The maximum atomic E-state index is 11.9. The van der Waals surface area contributed by atoms with Crippen LogP contribution in [0.4, 0.5) is 0 Å². The van der Waals surface area contributed by atoms with E-state index in [1.807, 2.05) is 19.9 Å². The predicted octanol–water partition coefficient (Wildman–Crippen LogP) is 9.35. The summed E-state index contributed by atoms with van der Waals surface area (Å²) in [6, 6.07) is 0. The Kier molecular flexibility index (Phi) is 14.4. The lowest BCUT2D eigenvalue weighted by atomic mass is 9.72. The molecular formula is C32H50O4. The number of carboxylic acids is 2. The summed E-state index contributed by atoms with van der Waals surface area (Å²) in [5.74, 6) is -1.78. The quantitative estimate of drug-likeness (QED) is 0.126. The third kappa shape index (κ3) is 11.6. The van der Waals surface area contributed by atoms with Gasteiger partial charge in [-0.1, -0.05) is 95.6 Å². The Balaban J connectivity index is 2.98. The molecule has 0 unspecified atom stereocenters. The molecule has 0 aromatic heterocycles. The third-order valence-electron chi connectivity index (χ3n) is 7.44. The lowest BCUT2D eigenvalue weighted by Gasteiger charge is -2.33. The summed E-state index contributed by atoms with van der Waals surface area (Å²) in [5, 5.41) is 19.2. The van der Waals surface area contributed by atoms with E-state index in [0.29, 0.717) is 23.1 Å². The first-order valence-corrected chi connectivity index (χ1v) is 13.9. The fourth-order valence-corrected chi connectivity index (χ4v) is 5.05. The number of allylic oxidation sites excluding steroid dienone is 8. The number of hydrogen-bond acceptors (Lipinski definition) is 2. The monoisotopic (exact) mass is 498 g/mol. The van der Waals surface area contributed by atoms with E-state index in [1.54, 1.807) is 12.2 Å². The zero-order valence-electron chi connectivity index (χ0n) is 23.7. The van der Waals surface area contributed by atoms with Crippen molar-refractivity contribution in [3.63, 3.8) is 0 Å². The Bertz CT molecular complexity index is 893. The van der Waals surface area contributed by atoms with Gasteiger partial charge in [-0.05, 0) is 80.6 Å². The van der Waals surface area contributed by atoms with Crippen LogP contribution in [-0.2, 0) is 9.59 Å². The van der Waals surface area contributed by atoms with Crippen LogP contribution in [-0.4, -0.2) is 22.2 Å². The average Bonchev–Trinajstić information content (AvgIpc) is 2.79. The van der Waals surface area contributed by atoms with Gasteiger partial charge in [0.25, 0.3) is 0 Å². The van der Waals surface area contributed by atoms with Gasteiger partial charge in [0.05, 0.1) is 6.42 Å². The molecule has 4 nitrogen and oxygen atoms in total. The van der Waals surface area contributed by atoms with Gasteiger partial charge in [-0.3, -0.25) is 4.79 Å². The Hall–Kier alpha value is -2.36. The van der Waals surface area contributed by atoms with Gasteiger partial charge in [0.1, 0.15) is 0 Å². The highest BCUT2D eigenvalue weighted by molar-refractivity contribution is 5.88. The normalized spacial score (nSPS) is 17.5. The molecule has 0 fully saturated rings. The molecule has 1 rings (SSSR count). The Morgan fingerprint density at radius 1 is 0.889 bits per heavy atom. The zero-order valence-corrected chi connectivity index (χ0v) is 23.7. The van der Waals surface area contributed by atoms with E-state index in [0.717, 1.165) is 37.7 Å². The number of carbonyl (C=O) groups is 2. The summed E-state index contributed by atoms with van der Waals surface area (Å²) < 4.78 is 0. The van der Waals surface area contributed by atoms with Crippen molar-refractivity contribution in [1.29, 1.82) is 0 Å². The summed E-state index contributed by atoms with van der Waals surface area (Å²) in [6.45, 7) is 12.7. The minimum absolute atomic E-state index is 0.0954. The summed E-state index contributed by atoms with van der Waals surface area (Å²) in [4.78, 5) is 23.4. The van der Waals surface area contributed by atoms with Crippen LogP contribution in [0.2, 0.25) is 0 Å². The Labute approximate surface area is 220 Å². The Morgan fingerprint density at radius 2 is 1.50 bits per heavy atom. The molecular weight excluding hydrogens is 448 g/mol. The minimum Gasteiger partial charge on any atom is -0.481 e. The predicted molar refractivity (Wildman–Crippen MR) is 151 cm³/mol. The first kappa shape index (κ1) is 31.7. The number of hydrogen-bond donors (Lipinski definition) is 2. The molecule has 0 amide bonds. The van der Waals surface area contributed by atoms with Crippen molar-refractivity contribution in [2.24, 2.45) is 5.41 Å². The second-order valence-electron chi connectivity index (χ2n) is 11.1. The molecule has 36 heavy (non-hydrogen) atoms. The number of rotatable bonds is 16. The van der Waals surface area contributed by atoms with E-state index in [4.69, 9.17) is 0 Å². The fourth-order valence-electron chi connectivity index (χ4n) is 5.05. The number of aliphatic carboxylic acids is 2. The van der Waals surface area contributed by atoms with Crippen molar-refractivity contribution >= 4 is 11.9 Å². The maximum absolute atomic E-state index is 11.9. The second kappa shape index (κ2) is 16.4. The highest BCUT2D eigenvalue weighted by Crippen LogP contribution is 2.40. The molecule has 1 aliphatic rings. The van der Waals surface area contributed by atoms with Crippen LogP contribution in [0.1, 0.15) is 125 Å². The third-order valence-corrected chi connectivity index (χ3v) is 7.44. The van der Waals surface area contributed by atoms with Gasteiger partial charge in [-0.25, -0.2) is 4.79 Å². The van der Waals surface area contributed by atoms with Crippen molar-refractivity contribution < 1.29 is 19.8 Å². The number of unbranched alkanes of at least 4 members (excludes halogenated alkanes) is 7. The van der Waals surface area contributed by atoms with Crippen molar-refractivity contribution in [1.82, 2.24) is 0 Å². The van der Waals surface area contributed by atoms with Crippen molar-refractivity contribution in [2.75, 3.05) is 0 Å². The van der Waals surface area contributed by atoms with Gasteiger partial charge >= 0.3 is 11.9 Å². The van der Waals surface area contributed by atoms with Gasteiger partial charge in [0, 0.05) is 5.57 Å². The molecule has 0 radical (unpaired) electrons. The maximum Gasteiger partial charge on any atom is 0.331 e. The van der Waals surface area contributed by atoms with Gasteiger partial charge < -0.3 is 10.2 Å². The van der Waals surface area contributed by atoms with Crippen molar-refractivity contribution in [3.8, 4) is 0 Å². The van der Waals surface area contributed by atoms with Crippen LogP contribution in [0.15, 0.2) is 57.7 Å². The summed E-state index contributed by atoms with van der Waals surface area (Å²) in [7, 11) is 0. The minimum atomic E-state index is -0.894. The van der Waals surface area contributed by atoms with Crippen LogP contribution in [0.25, 0.3) is 0 Å². The first-order valence-electron chi connectivity index (χ1n) is 13.9. The molecule has 0 saturated heterocycles. The van der Waals surface area contributed by atoms with E-state index >= 15 is 0 Å². The molecule has 0 aliphatic heterocycles. The first-order chi connectivity index (χ1) is 17.0. The molecule has 0 bridgehead atoms. The van der Waals surface area contributed by atoms with Crippen LogP contribution in [0, 0.1) is 5.41 Å². The SMILES string of the molecule is CCCCCCCCCCC(C(=O)O)=C(C)C=CC(CC(=O)O)=C(C)C=CC1=C(C)CCCC1(C)C. The molecule has 0 saturated carbocycles. The van der Waals surface area contributed by atoms with Crippen LogP contribution in [0.5, 0.6) is 0 Å². The van der Waals surface area contributed by atoms with Crippen molar-refractivity contribution in [2.45, 2.75) is 125 Å². The van der Waals surface area contributed by atoms with Gasteiger partial charge in [-0.15, -0.1) is 0 Å². The van der Waals surface area contributed by atoms with Crippen LogP contribution < -0.4 is 0 Å². The molecule has 2 N–H and O–H groups in total. The summed E-state index contributed by atoms with van der Waals surface area (Å²) in [6.07, 6.45) is 21.0. The largest absolute Gasteiger partial charge is 0.481 e. The van der Waals surface area contributed by atoms with Crippen LogP contribution >= 0.6 is 0 Å². The highest BCUT2D eigenvalue weighted by atomic mass is 16.4. The van der Waals surface area contributed by atoms with Crippen molar-refractivity contribution in [3.05, 3.63) is 57.7 Å². The average molecular weight is 499 g/mol. The lowest BCUT2D eigenvalue weighted by molar-refractivity contribution is -0.136. The van der Waals surface area contributed by atoms with Gasteiger partial charge in [-0.2, -0.15) is 0 Å². The zero-order chi connectivity index (χ0) is 27.1. The summed E-state index contributed by atoms with van der Waals surface area (Å²) >= 11 is 0. The Morgan fingerprint density at radius 3 is 2.06 bits per heavy atom. The van der Waals surface area contributed by atoms with Crippen LogP contribution in [0.3, 0.4) is 0 Å². The van der Waals surface area contributed by atoms with Gasteiger partial charge in [0.15, 0.2) is 0 Å². The standard InChI is InChI=1S/C32H50O4/c1-7-8-9-10-11-12-13-14-17-28(31(35)36)25(3)18-20-27(23-30(33)34)24(2)19-21-29-26(4)16-15-22-32(29,5)6/h18-21H,7-17,22-23H2,1-6H3,(H,33,34)(H,35,36). The van der Waals surface area contributed by atoms with E-state index in [1.165, 1.54) is 49.7 Å². The van der Waals surface area contributed by atoms with E-state index in [-0.39, 0.29) is 11.8 Å². The smallest absolute Gasteiger partial charge is 0.331 e. The van der Waals surface area contributed by atoms with E-state index < -0.39 is 11.9 Å². The molecule has 0 atom stereocenters. The number of carboxylic acid groups (broad SMARTS) is 2. The molecule has 0 spiro atoms. The molecule has 0 aromatic carbocycles. The molecule has 0 heterocycles. The highest BCUT2D eigenvalue weighted by Gasteiger charge is 2.26. The lowest BCUT2D eigenvalue weighted by Crippen LogP contribution is -2.19. The van der Waals surface area contributed by atoms with E-state index in [9.17, 15) is 19.8 Å². The molecule has 0 aromatic rings. The second-order valence-corrected chi connectivity index (χ2v) is 11.1. The fraction of sp³-hybridized carbons (Fsp3) is 0.625. The summed E-state index contributed by atoms with van der Waals surface area (Å²) in [5.41, 5.74) is 5.55. The van der Waals surface area contributed by atoms with E-state index in [2.05, 4.69) is 33.8 Å². The van der Waals surface area contributed by atoms with Gasteiger partial charge in [0.2, 0.25) is 0 Å². The molecule has 202 valence electrons.